The van der Waals surface area contributed by atoms with Crippen LogP contribution in [0.15, 0.2) is 129 Å². The SMILES string of the molecule is COc1cccc(C=NCCN2CCN(CCN=Cc3cccc(OC)c3[O-])C2c2cccc(OC)c2[O-])c1[O-].COc1cccc(C=NCCN2CCN(CCN=Cc3cccc(OC)c3[O-])C2c2cccc(OC)c2[O-])c1[O-].[Gd+3].[Gd+3]. The standard InChI is InChI=1S/2C30H36N4O6.2Gd/c2*1-38-24-10-4-7-21(27(24)35)19-31-13-15-33-17-18-34(30(33)23-9-6-12-26(40-3)29(23)37)16-14-32-20-22-8-5-11-25(39-2)28(22)36;;/h2*4-12,19-20,30,35-37H,13-18H2,1-3H3;;/q;;2*+3/p-6. The molecule has 82 heavy (non-hydrogen) atoms. The predicted octanol–water partition coefficient (Wildman–Crippen LogP) is 3.58. The Morgan fingerprint density at radius 1 is 0.341 bits per heavy atom. The summed E-state index contributed by atoms with van der Waals surface area (Å²) >= 11 is 0. The van der Waals surface area contributed by atoms with Crippen LogP contribution in [-0.2, 0) is 0 Å². The van der Waals surface area contributed by atoms with Crippen LogP contribution in [0, 0.1) is 79.9 Å². The summed E-state index contributed by atoms with van der Waals surface area (Å²) in [6, 6.07) is 30.9. The molecule has 0 aromatic heterocycles. The molecule has 22 heteroatoms. The van der Waals surface area contributed by atoms with Gasteiger partial charge in [0.25, 0.3) is 0 Å². The second kappa shape index (κ2) is 34.0. The summed E-state index contributed by atoms with van der Waals surface area (Å²) in [6.07, 6.45) is 5.69. The van der Waals surface area contributed by atoms with Gasteiger partial charge in [-0.3, -0.25) is 39.6 Å². The summed E-state index contributed by atoms with van der Waals surface area (Å²) in [6.45, 7) is 7.02. The fourth-order valence-corrected chi connectivity index (χ4v) is 9.56. The first-order valence-corrected chi connectivity index (χ1v) is 26.0. The molecule has 6 aromatic rings. The number of methoxy groups -OCH3 is 6. The minimum atomic E-state index is -0.285. The van der Waals surface area contributed by atoms with Gasteiger partial charge in [-0.05, 0) is 69.8 Å². The van der Waals surface area contributed by atoms with Gasteiger partial charge in [-0.2, -0.15) is 0 Å². The topological polar surface area (TPSA) is 256 Å². The van der Waals surface area contributed by atoms with Crippen molar-refractivity contribution in [1.29, 1.82) is 0 Å². The Balaban J connectivity index is 0.000000293. The Labute approximate surface area is 543 Å². The second-order valence-electron chi connectivity index (χ2n) is 18.3. The normalized spacial score (nSPS) is 15.8. The van der Waals surface area contributed by atoms with Crippen LogP contribution in [-0.4, -0.2) is 166 Å². The molecule has 2 aliphatic rings. The van der Waals surface area contributed by atoms with Crippen LogP contribution in [0.25, 0.3) is 0 Å². The summed E-state index contributed by atoms with van der Waals surface area (Å²) in [5.41, 5.74) is 3.09. The molecule has 2 heterocycles. The molecular weight excluding hydrogens is 1340 g/mol. The minimum absolute atomic E-state index is 0. The van der Waals surface area contributed by atoms with E-state index >= 15 is 0 Å². The molecule has 0 atom stereocenters. The van der Waals surface area contributed by atoms with Crippen LogP contribution >= 0.6 is 0 Å². The summed E-state index contributed by atoms with van der Waals surface area (Å²) in [7, 11) is 8.82. The second-order valence-corrected chi connectivity index (χ2v) is 18.3. The van der Waals surface area contributed by atoms with Gasteiger partial charge in [0.05, 0.1) is 81.2 Å². The van der Waals surface area contributed by atoms with Crippen LogP contribution in [0.2, 0.25) is 0 Å². The average Bonchev–Trinajstić information content (AvgIpc) is 4.20. The molecule has 0 unspecified atom stereocenters. The third-order valence-electron chi connectivity index (χ3n) is 13.7. The van der Waals surface area contributed by atoms with E-state index in [1.54, 1.807) is 110 Å². The maximum atomic E-state index is 13.2. The Morgan fingerprint density at radius 2 is 0.549 bits per heavy atom. The maximum Gasteiger partial charge on any atom is 3.00 e. The van der Waals surface area contributed by atoms with Crippen LogP contribution in [0.5, 0.6) is 69.0 Å². The van der Waals surface area contributed by atoms with Gasteiger partial charge in [-0.25, -0.2) is 0 Å². The van der Waals surface area contributed by atoms with Crippen molar-refractivity contribution in [2.24, 2.45) is 20.0 Å². The van der Waals surface area contributed by atoms with Gasteiger partial charge >= 0.3 is 79.9 Å². The molecule has 0 bridgehead atoms. The van der Waals surface area contributed by atoms with Gasteiger partial charge in [-0.15, -0.1) is 0 Å². The Kier molecular flexibility index (Phi) is 27.7. The molecule has 2 saturated heterocycles. The van der Waals surface area contributed by atoms with Crippen molar-refractivity contribution in [3.05, 3.63) is 143 Å². The molecule has 434 valence electrons. The Bertz CT molecular complexity index is 2760. The molecule has 6 aromatic carbocycles. The first kappa shape index (κ1) is 66.9. The van der Waals surface area contributed by atoms with Crippen molar-refractivity contribution in [2.45, 2.75) is 12.3 Å². The van der Waals surface area contributed by atoms with E-state index in [0.29, 0.717) is 97.2 Å². The van der Waals surface area contributed by atoms with Crippen molar-refractivity contribution in [1.82, 2.24) is 19.6 Å². The summed E-state index contributed by atoms with van der Waals surface area (Å²) in [5, 5.41) is 75.9. The number of hydrogen-bond donors (Lipinski definition) is 0. The molecule has 2 aliphatic heterocycles. The Morgan fingerprint density at radius 3 is 0.768 bits per heavy atom. The van der Waals surface area contributed by atoms with E-state index in [1.165, 1.54) is 42.7 Å². The van der Waals surface area contributed by atoms with E-state index in [4.69, 9.17) is 28.4 Å². The van der Waals surface area contributed by atoms with E-state index < -0.39 is 0 Å². The molecule has 8 rings (SSSR count). The third-order valence-corrected chi connectivity index (χ3v) is 13.7. The van der Waals surface area contributed by atoms with Crippen LogP contribution in [0.3, 0.4) is 0 Å². The van der Waals surface area contributed by atoms with Gasteiger partial charge in [0.2, 0.25) is 0 Å². The van der Waals surface area contributed by atoms with E-state index in [0.717, 1.165) is 26.2 Å². The average molecular weight is 1410 g/mol. The van der Waals surface area contributed by atoms with Gasteiger partial charge in [0.1, 0.15) is 34.5 Å². The van der Waals surface area contributed by atoms with E-state index in [9.17, 15) is 30.6 Å². The van der Waals surface area contributed by atoms with E-state index in [-0.39, 0.29) is 150 Å². The molecule has 0 spiro atoms. The zero-order valence-electron chi connectivity index (χ0n) is 46.5. The van der Waals surface area contributed by atoms with Gasteiger partial charge in [-0.1, -0.05) is 107 Å². The van der Waals surface area contributed by atoms with Crippen molar-refractivity contribution >= 4 is 24.9 Å². The summed E-state index contributed by atoms with van der Waals surface area (Å²) in [4.78, 5) is 26.7. The molecule has 2 fully saturated rings. The Hall–Kier alpha value is -5.91. The summed E-state index contributed by atoms with van der Waals surface area (Å²) in [5.74, 6) is 0.578. The molecule has 0 aliphatic carbocycles. The predicted molar refractivity (Wildman–Crippen MR) is 296 cm³/mol. The number of ether oxygens (including phenoxy) is 6. The third kappa shape index (κ3) is 17.1. The molecule has 0 N–H and O–H groups in total. The van der Waals surface area contributed by atoms with Crippen LogP contribution in [0.1, 0.15) is 45.7 Å². The number of aliphatic imine (C=N–C) groups is 4. The number of hydrogen-bond acceptors (Lipinski definition) is 20. The van der Waals surface area contributed by atoms with Crippen molar-refractivity contribution < 1.29 is 139 Å². The van der Waals surface area contributed by atoms with Crippen LogP contribution < -0.4 is 59.1 Å². The van der Waals surface area contributed by atoms with E-state index in [2.05, 4.69) is 39.6 Å². The van der Waals surface area contributed by atoms with Crippen molar-refractivity contribution in [3.8, 4) is 69.0 Å². The first-order valence-electron chi connectivity index (χ1n) is 26.0. The first-order chi connectivity index (χ1) is 39.0. The largest absolute Gasteiger partial charge is 3.00 e. The monoisotopic (exact) mass is 1410 g/mol. The number of nitrogens with zero attached hydrogens (tertiary/aromatic N) is 8. The van der Waals surface area contributed by atoms with Crippen molar-refractivity contribution in [3.63, 3.8) is 0 Å². The fourth-order valence-electron chi connectivity index (χ4n) is 9.56. The molecule has 0 saturated carbocycles. The quantitative estimate of drug-likeness (QED) is 0.0785. The van der Waals surface area contributed by atoms with E-state index in [1.807, 2.05) is 24.3 Å². The molecule has 20 nitrogen and oxygen atoms in total. The van der Waals surface area contributed by atoms with Gasteiger partial charge in [0, 0.05) is 77.2 Å². The molecule has 0 amide bonds. The smallest absolute Gasteiger partial charge is 0.870 e. The number of benzene rings is 6. The zero-order chi connectivity index (χ0) is 57.0. The fraction of sp³-hybridized carbons (Fsp3) is 0.333. The zero-order valence-corrected chi connectivity index (χ0v) is 51.1. The summed E-state index contributed by atoms with van der Waals surface area (Å²) < 4.78 is 31.0. The molecule has 2 radical (unpaired) electrons. The van der Waals surface area contributed by atoms with Gasteiger partial charge in [0.15, 0.2) is 0 Å². The molecular formula is C60H66Gd2N8O12. The maximum absolute atomic E-state index is 13.2. The van der Waals surface area contributed by atoms with Gasteiger partial charge < -0.3 is 59.1 Å². The van der Waals surface area contributed by atoms with Crippen LogP contribution in [0.4, 0.5) is 0 Å². The minimum Gasteiger partial charge on any atom is -0.870 e. The number of para-hydroxylation sites is 6. The number of rotatable bonds is 24. The van der Waals surface area contributed by atoms with Crippen molar-refractivity contribution in [2.75, 3.05) is 121 Å².